The third-order valence-corrected chi connectivity index (χ3v) is 3.01. The summed E-state index contributed by atoms with van der Waals surface area (Å²) in [6, 6.07) is 8.08. The molecular formula is C14H19NO2. The van der Waals surface area contributed by atoms with Gasteiger partial charge in [0.25, 0.3) is 0 Å². The number of hydrogen-bond acceptors (Lipinski definition) is 3. The molecule has 2 N–H and O–H groups in total. The van der Waals surface area contributed by atoms with Crippen molar-refractivity contribution in [2.24, 2.45) is 5.92 Å². The van der Waals surface area contributed by atoms with Crippen LogP contribution in [0.2, 0.25) is 0 Å². The van der Waals surface area contributed by atoms with Crippen molar-refractivity contribution in [3.8, 4) is 0 Å². The Morgan fingerprint density at radius 2 is 2.12 bits per heavy atom. The number of hydrogen-bond donors (Lipinski definition) is 2. The molecule has 3 nitrogen and oxygen atoms in total. The quantitative estimate of drug-likeness (QED) is 0.834. The van der Waals surface area contributed by atoms with E-state index in [-0.39, 0.29) is 12.5 Å². The summed E-state index contributed by atoms with van der Waals surface area (Å²) in [6.45, 7) is 5.83. The number of aryl methyl sites for hydroxylation is 1. The van der Waals surface area contributed by atoms with Gasteiger partial charge in [0.2, 0.25) is 0 Å². The second kappa shape index (κ2) is 5.34. The number of aliphatic hydroxyl groups is 1. The van der Waals surface area contributed by atoms with Gasteiger partial charge in [0, 0.05) is 30.6 Å². The maximum Gasteiger partial charge on any atom is 0.134 e. The molecule has 2 aromatic rings. The first kappa shape index (κ1) is 12.1. The van der Waals surface area contributed by atoms with Crippen molar-refractivity contribution in [1.29, 1.82) is 0 Å². The monoisotopic (exact) mass is 233 g/mol. The molecule has 92 valence electrons. The normalized spacial score (nSPS) is 13.1. The fourth-order valence-corrected chi connectivity index (χ4v) is 1.95. The Morgan fingerprint density at radius 1 is 1.35 bits per heavy atom. The highest BCUT2D eigenvalue weighted by Gasteiger charge is 2.10. The summed E-state index contributed by atoms with van der Waals surface area (Å²) in [5.41, 5.74) is 2.16. The van der Waals surface area contributed by atoms with Gasteiger partial charge < -0.3 is 14.8 Å². The van der Waals surface area contributed by atoms with E-state index < -0.39 is 0 Å². The van der Waals surface area contributed by atoms with Gasteiger partial charge in [-0.2, -0.15) is 0 Å². The largest absolute Gasteiger partial charge is 0.461 e. The molecule has 0 amide bonds. The summed E-state index contributed by atoms with van der Waals surface area (Å²) in [6.07, 6.45) is 0. The number of benzene rings is 1. The first-order chi connectivity index (χ1) is 8.22. The summed E-state index contributed by atoms with van der Waals surface area (Å²) in [7, 11) is 0. The molecule has 1 unspecified atom stereocenters. The van der Waals surface area contributed by atoms with Crippen molar-refractivity contribution >= 4 is 11.0 Å². The lowest BCUT2D eigenvalue weighted by Crippen LogP contribution is -2.22. The molecule has 0 spiro atoms. The molecule has 0 aliphatic heterocycles. The molecule has 0 bridgehead atoms. The Kier molecular flexibility index (Phi) is 3.82. The molecule has 0 aliphatic rings. The summed E-state index contributed by atoms with van der Waals surface area (Å²) in [5, 5.41) is 13.5. The molecule has 1 atom stereocenters. The Bertz CT molecular complexity index is 490. The second-order valence-corrected chi connectivity index (χ2v) is 4.55. The Balaban J connectivity index is 2.10. The highest BCUT2D eigenvalue weighted by atomic mass is 16.3. The maximum absolute atomic E-state index is 8.96. The molecule has 1 heterocycles. The van der Waals surface area contributed by atoms with Gasteiger partial charge in [0.1, 0.15) is 11.3 Å². The average molecular weight is 233 g/mol. The highest BCUT2D eigenvalue weighted by molar-refractivity contribution is 5.82. The van der Waals surface area contributed by atoms with Gasteiger partial charge in [0.05, 0.1) is 0 Å². The standard InChI is InChI=1S/C14H19NO2/c1-10(9-16)7-15-8-13-11(2)17-14-6-4-3-5-12(13)14/h3-6,10,15-16H,7-9H2,1-2H3. The van der Waals surface area contributed by atoms with Crippen LogP contribution in [0.15, 0.2) is 28.7 Å². The van der Waals surface area contributed by atoms with Crippen LogP contribution in [0.1, 0.15) is 18.2 Å². The van der Waals surface area contributed by atoms with E-state index in [4.69, 9.17) is 9.52 Å². The SMILES string of the molecule is Cc1oc2ccccc2c1CNCC(C)CO. The van der Waals surface area contributed by atoms with Crippen molar-refractivity contribution in [3.05, 3.63) is 35.6 Å². The molecule has 0 aliphatic carbocycles. The minimum absolute atomic E-state index is 0.220. The lowest BCUT2D eigenvalue weighted by molar-refractivity contribution is 0.233. The average Bonchev–Trinajstić information content (AvgIpc) is 2.66. The predicted molar refractivity (Wildman–Crippen MR) is 68.9 cm³/mol. The molecule has 0 fully saturated rings. The Hall–Kier alpha value is -1.32. The minimum atomic E-state index is 0.220. The lowest BCUT2D eigenvalue weighted by Gasteiger charge is -2.09. The van der Waals surface area contributed by atoms with Crippen molar-refractivity contribution in [2.75, 3.05) is 13.2 Å². The Labute approximate surface area is 101 Å². The highest BCUT2D eigenvalue weighted by Crippen LogP contribution is 2.24. The van der Waals surface area contributed by atoms with E-state index in [0.717, 1.165) is 24.4 Å². The zero-order valence-electron chi connectivity index (χ0n) is 10.4. The van der Waals surface area contributed by atoms with Crippen LogP contribution in [-0.2, 0) is 6.54 Å². The van der Waals surface area contributed by atoms with Gasteiger partial charge in [-0.15, -0.1) is 0 Å². The van der Waals surface area contributed by atoms with Gasteiger partial charge >= 0.3 is 0 Å². The van der Waals surface area contributed by atoms with Gasteiger partial charge in [-0.25, -0.2) is 0 Å². The van der Waals surface area contributed by atoms with Crippen LogP contribution in [-0.4, -0.2) is 18.3 Å². The second-order valence-electron chi connectivity index (χ2n) is 4.55. The van der Waals surface area contributed by atoms with E-state index in [1.165, 1.54) is 10.9 Å². The molecule has 0 saturated carbocycles. The molecule has 0 radical (unpaired) electrons. The van der Waals surface area contributed by atoms with Crippen LogP contribution in [0.5, 0.6) is 0 Å². The van der Waals surface area contributed by atoms with Crippen molar-refractivity contribution < 1.29 is 9.52 Å². The molecule has 1 aromatic heterocycles. The molecule has 17 heavy (non-hydrogen) atoms. The smallest absolute Gasteiger partial charge is 0.134 e. The van der Waals surface area contributed by atoms with Crippen LogP contribution < -0.4 is 5.32 Å². The van der Waals surface area contributed by atoms with Crippen molar-refractivity contribution in [3.63, 3.8) is 0 Å². The van der Waals surface area contributed by atoms with E-state index in [0.29, 0.717) is 0 Å². The van der Waals surface area contributed by atoms with E-state index in [2.05, 4.69) is 11.4 Å². The van der Waals surface area contributed by atoms with Crippen LogP contribution in [0.25, 0.3) is 11.0 Å². The van der Waals surface area contributed by atoms with Gasteiger partial charge in [-0.05, 0) is 18.9 Å². The first-order valence-electron chi connectivity index (χ1n) is 6.01. The van der Waals surface area contributed by atoms with E-state index in [1.807, 2.05) is 32.0 Å². The topological polar surface area (TPSA) is 45.4 Å². The number of para-hydroxylation sites is 1. The number of rotatable bonds is 5. The summed E-state index contributed by atoms with van der Waals surface area (Å²) < 4.78 is 5.69. The third kappa shape index (κ3) is 2.68. The molecule has 1 aromatic carbocycles. The summed E-state index contributed by atoms with van der Waals surface area (Å²) in [4.78, 5) is 0. The third-order valence-electron chi connectivity index (χ3n) is 3.01. The number of furan rings is 1. The van der Waals surface area contributed by atoms with Crippen molar-refractivity contribution in [2.45, 2.75) is 20.4 Å². The maximum atomic E-state index is 8.96. The van der Waals surface area contributed by atoms with Crippen LogP contribution in [0, 0.1) is 12.8 Å². The van der Waals surface area contributed by atoms with E-state index in [1.54, 1.807) is 0 Å². The van der Waals surface area contributed by atoms with Gasteiger partial charge in [0.15, 0.2) is 0 Å². The van der Waals surface area contributed by atoms with Crippen LogP contribution in [0.3, 0.4) is 0 Å². The fraction of sp³-hybridized carbons (Fsp3) is 0.429. The number of fused-ring (bicyclic) bond motifs is 1. The Morgan fingerprint density at radius 3 is 2.88 bits per heavy atom. The van der Waals surface area contributed by atoms with Gasteiger partial charge in [-0.3, -0.25) is 0 Å². The van der Waals surface area contributed by atoms with Gasteiger partial charge in [-0.1, -0.05) is 25.1 Å². The molecule has 0 saturated heterocycles. The molecule has 2 rings (SSSR count). The number of nitrogens with one attached hydrogen (secondary N) is 1. The number of aliphatic hydroxyl groups excluding tert-OH is 1. The zero-order valence-corrected chi connectivity index (χ0v) is 10.4. The minimum Gasteiger partial charge on any atom is -0.461 e. The van der Waals surface area contributed by atoms with Crippen LogP contribution in [0.4, 0.5) is 0 Å². The van der Waals surface area contributed by atoms with Crippen LogP contribution >= 0.6 is 0 Å². The van der Waals surface area contributed by atoms with Crippen molar-refractivity contribution in [1.82, 2.24) is 5.32 Å². The molecular weight excluding hydrogens is 214 g/mol. The fourth-order valence-electron chi connectivity index (χ4n) is 1.95. The predicted octanol–water partition coefficient (Wildman–Crippen LogP) is 2.46. The van der Waals surface area contributed by atoms with E-state index >= 15 is 0 Å². The first-order valence-corrected chi connectivity index (χ1v) is 6.01. The lowest BCUT2D eigenvalue weighted by atomic mass is 10.1. The van der Waals surface area contributed by atoms with E-state index in [9.17, 15) is 0 Å². The summed E-state index contributed by atoms with van der Waals surface area (Å²) in [5.74, 6) is 1.25. The summed E-state index contributed by atoms with van der Waals surface area (Å²) >= 11 is 0. The zero-order chi connectivity index (χ0) is 12.3. The molecule has 3 heteroatoms.